The van der Waals surface area contributed by atoms with Gasteiger partial charge in [0.1, 0.15) is 17.7 Å². The predicted octanol–water partition coefficient (Wildman–Crippen LogP) is 5.13. The number of rotatable bonds is 4. The highest BCUT2D eigenvalue weighted by Gasteiger charge is 2.51. The summed E-state index contributed by atoms with van der Waals surface area (Å²) in [7, 11) is 0. The number of nitro groups is 1. The Kier molecular flexibility index (Phi) is 3.64. The number of nitro benzene ring substituents is 1. The molecule has 4 saturated carbocycles. The first-order chi connectivity index (χ1) is 13.1. The molecule has 0 spiro atoms. The Hall–Kier alpha value is -2.63. The minimum Gasteiger partial charge on any atom is -0.455 e. The molecule has 6 heteroatoms. The van der Waals surface area contributed by atoms with Crippen molar-refractivity contribution >= 4 is 11.9 Å². The van der Waals surface area contributed by atoms with Crippen molar-refractivity contribution < 1.29 is 14.5 Å². The first kappa shape index (κ1) is 16.5. The fourth-order valence-electron chi connectivity index (χ4n) is 6.31. The maximum absolute atomic E-state index is 11.8. The van der Waals surface area contributed by atoms with Gasteiger partial charge >= 0.3 is 0 Å². The van der Waals surface area contributed by atoms with Gasteiger partial charge in [-0.05, 0) is 85.5 Å². The minimum absolute atomic E-state index is 0.0880. The Labute approximate surface area is 157 Å². The predicted molar refractivity (Wildman–Crippen MR) is 100 cm³/mol. The second-order valence-corrected chi connectivity index (χ2v) is 8.63. The van der Waals surface area contributed by atoms with Crippen LogP contribution in [0.3, 0.4) is 0 Å². The van der Waals surface area contributed by atoms with E-state index in [1.165, 1.54) is 44.7 Å². The summed E-state index contributed by atoms with van der Waals surface area (Å²) < 4.78 is 5.58. The zero-order chi connectivity index (χ0) is 18.6. The molecule has 4 fully saturated rings. The zero-order valence-corrected chi connectivity index (χ0v) is 15.0. The quantitative estimate of drug-likeness (QED) is 0.351. The summed E-state index contributed by atoms with van der Waals surface area (Å²) in [5.41, 5.74) is 1.80. The highest BCUT2D eigenvalue weighted by Crippen LogP contribution is 2.61. The van der Waals surface area contributed by atoms with Crippen LogP contribution in [-0.2, 0) is 5.41 Å². The smallest absolute Gasteiger partial charge is 0.280 e. The van der Waals surface area contributed by atoms with E-state index in [1.54, 1.807) is 18.2 Å². The lowest BCUT2D eigenvalue weighted by molar-refractivity contribution is -0.384. The number of oxime groups is 1. The first-order valence-electron chi connectivity index (χ1n) is 9.63. The largest absolute Gasteiger partial charge is 0.455 e. The van der Waals surface area contributed by atoms with Crippen LogP contribution in [0.25, 0.3) is 11.3 Å². The molecule has 0 unspecified atom stereocenters. The van der Waals surface area contributed by atoms with Gasteiger partial charge in [0.25, 0.3) is 5.69 Å². The molecule has 0 saturated heterocycles. The molecule has 1 heterocycles. The van der Waals surface area contributed by atoms with Crippen molar-refractivity contribution in [1.82, 2.24) is 0 Å². The van der Waals surface area contributed by atoms with Gasteiger partial charge in [0.15, 0.2) is 0 Å². The Morgan fingerprint density at radius 1 is 1.11 bits per heavy atom. The molecule has 0 amide bonds. The van der Waals surface area contributed by atoms with Gasteiger partial charge in [-0.3, -0.25) is 10.1 Å². The van der Waals surface area contributed by atoms with E-state index >= 15 is 0 Å². The van der Waals surface area contributed by atoms with E-state index in [0.717, 1.165) is 23.3 Å². The third kappa shape index (κ3) is 2.66. The average Bonchev–Trinajstić information content (AvgIpc) is 3.09. The normalized spacial score (nSPS) is 31.6. The number of hydrogen-bond acceptors (Lipinski definition) is 5. The molecule has 6 rings (SSSR count). The van der Waals surface area contributed by atoms with Crippen LogP contribution in [0.5, 0.6) is 0 Å². The van der Waals surface area contributed by atoms with Crippen molar-refractivity contribution in [2.75, 3.05) is 0 Å². The molecule has 140 valence electrons. The van der Waals surface area contributed by atoms with Crippen LogP contribution < -0.4 is 0 Å². The van der Waals surface area contributed by atoms with Crippen molar-refractivity contribution in [3.8, 4) is 11.3 Å². The number of benzene rings is 1. The Balaban J connectivity index is 1.56. The summed E-state index contributed by atoms with van der Waals surface area (Å²) in [5.74, 6) is 3.14. The molecule has 4 aliphatic carbocycles. The van der Waals surface area contributed by atoms with Gasteiger partial charge in [0, 0.05) is 6.07 Å². The van der Waals surface area contributed by atoms with Crippen LogP contribution in [0, 0.1) is 27.9 Å². The number of furan rings is 1. The van der Waals surface area contributed by atoms with Gasteiger partial charge in [-0.25, -0.2) is 0 Å². The summed E-state index contributed by atoms with van der Waals surface area (Å²) in [4.78, 5) is 11.5. The molecule has 4 aliphatic rings. The molecule has 1 aromatic carbocycles. The molecule has 0 radical (unpaired) electrons. The molecule has 4 bridgehead atoms. The highest BCUT2D eigenvalue weighted by molar-refractivity contribution is 5.78. The highest BCUT2D eigenvalue weighted by atomic mass is 16.6. The Morgan fingerprint density at radius 3 is 2.37 bits per heavy atom. The number of hydrogen-bond donors (Lipinski definition) is 1. The summed E-state index contributed by atoms with van der Waals surface area (Å²) in [6.45, 7) is 0. The van der Waals surface area contributed by atoms with Crippen molar-refractivity contribution in [1.29, 1.82) is 0 Å². The minimum atomic E-state index is -0.318. The maximum atomic E-state index is 11.8. The monoisotopic (exact) mass is 366 g/mol. The van der Waals surface area contributed by atoms with Crippen LogP contribution in [0.2, 0.25) is 0 Å². The molecule has 27 heavy (non-hydrogen) atoms. The van der Waals surface area contributed by atoms with Crippen LogP contribution in [-0.4, -0.2) is 16.3 Å². The lowest BCUT2D eigenvalue weighted by Gasteiger charge is -2.57. The first-order valence-corrected chi connectivity index (χ1v) is 9.63. The third-order valence-corrected chi connectivity index (χ3v) is 6.92. The molecule has 6 nitrogen and oxygen atoms in total. The van der Waals surface area contributed by atoms with E-state index in [-0.39, 0.29) is 16.0 Å². The molecular weight excluding hydrogens is 344 g/mol. The van der Waals surface area contributed by atoms with Gasteiger partial charge in [0.05, 0.1) is 10.5 Å². The third-order valence-electron chi connectivity index (χ3n) is 6.92. The topological polar surface area (TPSA) is 88.9 Å². The molecular formula is C21H22N2O4. The van der Waals surface area contributed by atoms with E-state index in [9.17, 15) is 10.1 Å². The standard InChI is InChI=1S/C21H22N2O4/c24-22-12-17-2-4-20(27-17)18-3-1-16(8-19(18)23(25)26)21-9-13-5-14(10-21)7-15(6-13)11-21/h1-4,8,12-15,24H,5-7,9-11H2/b22-12+. The van der Waals surface area contributed by atoms with Gasteiger partial charge in [-0.2, -0.15) is 0 Å². The van der Waals surface area contributed by atoms with Crippen LogP contribution >= 0.6 is 0 Å². The molecule has 2 aromatic rings. The van der Waals surface area contributed by atoms with Gasteiger partial charge in [0.2, 0.25) is 0 Å². The molecule has 1 N–H and O–H groups in total. The van der Waals surface area contributed by atoms with Crippen LogP contribution in [0.4, 0.5) is 5.69 Å². The van der Waals surface area contributed by atoms with Crippen LogP contribution in [0.15, 0.2) is 39.9 Å². The summed E-state index contributed by atoms with van der Waals surface area (Å²) in [6, 6.07) is 8.98. The Bertz CT molecular complexity index is 895. The fourth-order valence-corrected chi connectivity index (χ4v) is 6.31. The van der Waals surface area contributed by atoms with Crippen molar-refractivity contribution in [3.63, 3.8) is 0 Å². The molecule has 1 aromatic heterocycles. The maximum Gasteiger partial charge on any atom is 0.280 e. The van der Waals surface area contributed by atoms with Gasteiger partial charge in [-0.15, -0.1) is 0 Å². The summed E-state index contributed by atoms with van der Waals surface area (Å²) in [6.07, 6.45) is 8.73. The molecule has 0 atom stereocenters. The molecule has 0 aliphatic heterocycles. The van der Waals surface area contributed by atoms with Gasteiger partial charge in [-0.1, -0.05) is 11.2 Å². The fraction of sp³-hybridized carbons (Fsp3) is 0.476. The van der Waals surface area contributed by atoms with Crippen LogP contribution in [0.1, 0.15) is 49.8 Å². The zero-order valence-electron chi connectivity index (χ0n) is 15.0. The second-order valence-electron chi connectivity index (χ2n) is 8.63. The number of nitrogens with zero attached hydrogens (tertiary/aromatic N) is 2. The van der Waals surface area contributed by atoms with Crippen molar-refractivity contribution in [3.05, 3.63) is 51.8 Å². The van der Waals surface area contributed by atoms with E-state index in [2.05, 4.69) is 11.2 Å². The van der Waals surface area contributed by atoms with E-state index in [1.807, 2.05) is 6.07 Å². The average molecular weight is 366 g/mol. The van der Waals surface area contributed by atoms with Gasteiger partial charge < -0.3 is 9.62 Å². The van der Waals surface area contributed by atoms with E-state index in [0.29, 0.717) is 17.1 Å². The van der Waals surface area contributed by atoms with Crippen molar-refractivity contribution in [2.45, 2.75) is 43.9 Å². The Morgan fingerprint density at radius 2 is 1.78 bits per heavy atom. The lowest BCUT2D eigenvalue weighted by atomic mass is 9.48. The lowest BCUT2D eigenvalue weighted by Crippen LogP contribution is -2.48. The second kappa shape index (κ2) is 5.94. The summed E-state index contributed by atoms with van der Waals surface area (Å²) >= 11 is 0. The summed E-state index contributed by atoms with van der Waals surface area (Å²) in [5, 5.41) is 23.4. The van der Waals surface area contributed by atoms with E-state index < -0.39 is 0 Å². The van der Waals surface area contributed by atoms with Crippen molar-refractivity contribution in [2.24, 2.45) is 22.9 Å². The SMILES string of the molecule is O=[N+]([O-])c1cc(C23CC4CC(CC(C4)C2)C3)ccc1-c1ccc(/C=N/O)o1. The van der Waals surface area contributed by atoms with E-state index in [4.69, 9.17) is 9.62 Å².